The van der Waals surface area contributed by atoms with Crippen molar-refractivity contribution in [3.63, 3.8) is 0 Å². The molecule has 166 valence electrons. The van der Waals surface area contributed by atoms with Gasteiger partial charge in [0.25, 0.3) is 0 Å². The van der Waals surface area contributed by atoms with Gasteiger partial charge in [-0.05, 0) is 42.0 Å². The Labute approximate surface area is 174 Å². The molecule has 0 radical (unpaired) electrons. The summed E-state index contributed by atoms with van der Waals surface area (Å²) in [6.07, 6.45) is -5.40. The van der Waals surface area contributed by atoms with Gasteiger partial charge in [0.1, 0.15) is 11.7 Å². The minimum Gasteiger partial charge on any atom is -0.493 e. The van der Waals surface area contributed by atoms with E-state index in [9.17, 15) is 32.3 Å². The van der Waals surface area contributed by atoms with Gasteiger partial charge in [0.05, 0.1) is 20.3 Å². The van der Waals surface area contributed by atoms with Gasteiger partial charge in [0.15, 0.2) is 17.3 Å². The zero-order valence-electron chi connectivity index (χ0n) is 16.3. The van der Waals surface area contributed by atoms with Crippen LogP contribution in [0.4, 0.5) is 22.4 Å². The fourth-order valence-corrected chi connectivity index (χ4v) is 3.46. The molecule has 3 atom stereocenters. The predicted octanol–water partition coefficient (Wildman–Crippen LogP) is 2.95. The summed E-state index contributed by atoms with van der Waals surface area (Å²) in [6, 6.07) is 4.87. The zero-order valence-corrected chi connectivity index (χ0v) is 16.3. The van der Waals surface area contributed by atoms with Crippen molar-refractivity contribution in [2.45, 2.75) is 17.9 Å². The van der Waals surface area contributed by atoms with E-state index in [1.165, 1.54) is 37.7 Å². The number of hydrogen-bond donors (Lipinski definition) is 3. The Bertz CT molecular complexity index is 996. The molecular formula is C20H18F4N2O5. The normalized spacial score (nSPS) is 23.5. The molecule has 2 aromatic rings. The van der Waals surface area contributed by atoms with E-state index in [1.807, 2.05) is 0 Å². The highest BCUT2D eigenvalue weighted by Gasteiger charge is 2.66. The number of benzene rings is 2. The van der Waals surface area contributed by atoms with E-state index in [-0.39, 0.29) is 22.6 Å². The largest absolute Gasteiger partial charge is 0.493 e. The Morgan fingerprint density at radius 1 is 1.06 bits per heavy atom. The SMILES string of the molecule is COc1ccc([C@@H]2NC(=O)N[C@](O)(C(F)(F)F)[C@H]2C(=O)c2ccc(F)cc2)cc1OC. The number of rotatable bonds is 5. The lowest BCUT2D eigenvalue weighted by atomic mass is 9.77. The van der Waals surface area contributed by atoms with Crippen LogP contribution < -0.4 is 20.1 Å². The van der Waals surface area contributed by atoms with Crippen LogP contribution in [0.2, 0.25) is 0 Å². The second-order valence-electron chi connectivity index (χ2n) is 6.80. The molecule has 0 saturated carbocycles. The van der Waals surface area contributed by atoms with Crippen molar-refractivity contribution in [3.05, 3.63) is 59.4 Å². The Hall–Kier alpha value is -3.34. The maximum absolute atomic E-state index is 13.9. The average Bonchev–Trinajstić information content (AvgIpc) is 2.72. The van der Waals surface area contributed by atoms with Crippen LogP contribution in [0.5, 0.6) is 11.5 Å². The summed E-state index contributed by atoms with van der Waals surface area (Å²) in [5, 5.41) is 14.2. The number of hydrogen-bond acceptors (Lipinski definition) is 5. The summed E-state index contributed by atoms with van der Waals surface area (Å²) < 4.78 is 65.2. The first-order chi connectivity index (χ1) is 14.5. The molecule has 3 N–H and O–H groups in total. The third kappa shape index (κ3) is 4.00. The molecule has 1 saturated heterocycles. The number of alkyl halides is 3. The van der Waals surface area contributed by atoms with Crippen LogP contribution in [0.15, 0.2) is 42.5 Å². The first-order valence-electron chi connectivity index (χ1n) is 8.91. The van der Waals surface area contributed by atoms with Gasteiger partial charge in [-0.2, -0.15) is 13.2 Å². The molecule has 2 amide bonds. The Balaban J connectivity index is 2.18. The van der Waals surface area contributed by atoms with Crippen molar-refractivity contribution in [1.29, 1.82) is 0 Å². The van der Waals surface area contributed by atoms with Crippen molar-refractivity contribution in [2.24, 2.45) is 5.92 Å². The third-order valence-electron chi connectivity index (χ3n) is 4.98. The lowest BCUT2D eigenvalue weighted by molar-refractivity contribution is -0.287. The second kappa shape index (κ2) is 8.06. The van der Waals surface area contributed by atoms with E-state index >= 15 is 0 Å². The number of ether oxygens (including phenoxy) is 2. The summed E-state index contributed by atoms with van der Waals surface area (Å²) >= 11 is 0. The Morgan fingerprint density at radius 3 is 2.23 bits per heavy atom. The van der Waals surface area contributed by atoms with Gasteiger partial charge in [-0.3, -0.25) is 4.79 Å². The number of halogens is 4. The van der Waals surface area contributed by atoms with Crippen molar-refractivity contribution in [1.82, 2.24) is 10.6 Å². The van der Waals surface area contributed by atoms with Crippen LogP contribution in [-0.2, 0) is 0 Å². The fourth-order valence-electron chi connectivity index (χ4n) is 3.46. The molecule has 7 nitrogen and oxygen atoms in total. The van der Waals surface area contributed by atoms with Crippen LogP contribution in [-0.4, -0.2) is 43.0 Å². The Morgan fingerprint density at radius 2 is 1.68 bits per heavy atom. The number of methoxy groups -OCH3 is 2. The van der Waals surface area contributed by atoms with Crippen molar-refractivity contribution in [3.8, 4) is 11.5 Å². The number of carbonyl (C=O) groups excluding carboxylic acids is 2. The molecule has 1 heterocycles. The monoisotopic (exact) mass is 442 g/mol. The van der Waals surface area contributed by atoms with E-state index in [4.69, 9.17) is 9.47 Å². The molecule has 1 fully saturated rings. The van der Waals surface area contributed by atoms with Crippen molar-refractivity contribution < 1.29 is 41.7 Å². The minimum absolute atomic E-state index is 0.0515. The van der Waals surface area contributed by atoms with Crippen LogP contribution in [0.25, 0.3) is 0 Å². The molecule has 31 heavy (non-hydrogen) atoms. The maximum Gasteiger partial charge on any atom is 0.437 e. The van der Waals surface area contributed by atoms with Gasteiger partial charge < -0.3 is 25.2 Å². The Kier molecular flexibility index (Phi) is 5.81. The molecule has 0 unspecified atom stereocenters. The molecular weight excluding hydrogens is 424 g/mol. The highest BCUT2D eigenvalue weighted by Crippen LogP contribution is 2.45. The number of carbonyl (C=O) groups is 2. The van der Waals surface area contributed by atoms with Gasteiger partial charge in [0.2, 0.25) is 5.72 Å². The maximum atomic E-state index is 13.9. The lowest BCUT2D eigenvalue weighted by Gasteiger charge is -2.45. The van der Waals surface area contributed by atoms with Crippen molar-refractivity contribution >= 4 is 11.8 Å². The third-order valence-corrected chi connectivity index (χ3v) is 4.98. The standard InChI is InChI=1S/C20H18F4N2O5/c1-30-13-8-5-11(9-14(13)31-2)16-15(17(27)10-3-6-12(21)7-4-10)19(29,20(22,23)24)26-18(28)25-16/h3-9,15-16,29H,1-2H3,(H2,25,26,28)/t15-,16+,19-/m1/s1. The number of urea groups is 1. The fraction of sp³-hybridized carbons (Fsp3) is 0.300. The average molecular weight is 442 g/mol. The molecule has 11 heteroatoms. The summed E-state index contributed by atoms with van der Waals surface area (Å²) in [4.78, 5) is 25.1. The van der Waals surface area contributed by atoms with E-state index < -0.39 is 41.5 Å². The van der Waals surface area contributed by atoms with Gasteiger partial charge in [0, 0.05) is 5.56 Å². The van der Waals surface area contributed by atoms with E-state index in [0.29, 0.717) is 0 Å². The highest BCUT2D eigenvalue weighted by molar-refractivity contribution is 6.00. The molecule has 0 spiro atoms. The lowest BCUT2D eigenvalue weighted by Crippen LogP contribution is -2.72. The van der Waals surface area contributed by atoms with Crippen LogP contribution in [0.3, 0.4) is 0 Å². The van der Waals surface area contributed by atoms with Gasteiger partial charge in [-0.15, -0.1) is 0 Å². The van der Waals surface area contributed by atoms with Crippen LogP contribution >= 0.6 is 0 Å². The topological polar surface area (TPSA) is 96.9 Å². The molecule has 0 aromatic heterocycles. The predicted molar refractivity (Wildman–Crippen MR) is 99.2 cm³/mol. The highest BCUT2D eigenvalue weighted by atomic mass is 19.4. The van der Waals surface area contributed by atoms with E-state index in [2.05, 4.69) is 5.32 Å². The van der Waals surface area contributed by atoms with E-state index in [1.54, 1.807) is 0 Å². The van der Waals surface area contributed by atoms with Gasteiger partial charge in [-0.1, -0.05) is 6.07 Å². The second-order valence-corrected chi connectivity index (χ2v) is 6.80. The molecule has 0 aliphatic carbocycles. The summed E-state index contributed by atoms with van der Waals surface area (Å²) in [5.74, 6) is -3.70. The number of aliphatic hydroxyl groups is 1. The van der Waals surface area contributed by atoms with Gasteiger partial charge >= 0.3 is 12.2 Å². The first kappa shape index (κ1) is 22.3. The van der Waals surface area contributed by atoms with Crippen molar-refractivity contribution in [2.75, 3.05) is 14.2 Å². The van der Waals surface area contributed by atoms with E-state index in [0.717, 1.165) is 24.3 Å². The van der Waals surface area contributed by atoms with Gasteiger partial charge in [-0.25, -0.2) is 9.18 Å². The quantitative estimate of drug-likeness (QED) is 0.489. The summed E-state index contributed by atoms with van der Waals surface area (Å²) in [7, 11) is 2.66. The number of Topliss-reactive ketones (excluding diaryl/α,β-unsaturated/α-hetero) is 1. The molecule has 1 aliphatic heterocycles. The number of nitrogens with one attached hydrogen (secondary N) is 2. The smallest absolute Gasteiger partial charge is 0.437 e. The first-order valence-corrected chi connectivity index (χ1v) is 8.91. The molecule has 1 aliphatic rings. The summed E-state index contributed by atoms with van der Waals surface area (Å²) in [5.41, 5.74) is -4.12. The molecule has 0 bridgehead atoms. The van der Waals surface area contributed by atoms with Crippen LogP contribution in [0, 0.1) is 11.7 Å². The number of amides is 2. The zero-order chi connectivity index (χ0) is 23.0. The molecule has 2 aromatic carbocycles. The molecule has 3 rings (SSSR count). The minimum atomic E-state index is -5.40. The van der Waals surface area contributed by atoms with Crippen LogP contribution in [0.1, 0.15) is 22.0 Å². The summed E-state index contributed by atoms with van der Waals surface area (Å²) in [6.45, 7) is 0. The number of ketones is 1.